The third-order valence-electron chi connectivity index (χ3n) is 8.23. The fraction of sp³-hybridized carbons (Fsp3) is 0.607. The molecule has 3 atom stereocenters. The number of aromatic nitrogens is 2. The maximum Gasteiger partial charge on any atom is 0.421 e. The first kappa shape index (κ1) is 29.3. The maximum absolute atomic E-state index is 13.7. The summed E-state index contributed by atoms with van der Waals surface area (Å²) in [6.45, 7) is 5.18. The minimum atomic E-state index is -4.65. The van der Waals surface area contributed by atoms with Crippen LogP contribution in [-0.2, 0) is 15.7 Å². The lowest BCUT2D eigenvalue weighted by molar-refractivity contribution is -0.137. The van der Waals surface area contributed by atoms with E-state index in [0.29, 0.717) is 49.5 Å². The molecule has 0 saturated carbocycles. The van der Waals surface area contributed by atoms with Crippen LogP contribution in [0.3, 0.4) is 0 Å². The number of alkyl halides is 3. The van der Waals surface area contributed by atoms with E-state index in [9.17, 15) is 23.1 Å². The van der Waals surface area contributed by atoms with E-state index in [1.807, 2.05) is 18.2 Å². The highest BCUT2D eigenvalue weighted by Crippen LogP contribution is 2.36. The van der Waals surface area contributed by atoms with Crippen molar-refractivity contribution in [3.05, 3.63) is 35.5 Å². The second-order valence-electron chi connectivity index (χ2n) is 11.0. The quantitative estimate of drug-likeness (QED) is 0.386. The number of carbonyl (C=O) groups is 1. The largest absolute Gasteiger partial charge is 0.421 e. The van der Waals surface area contributed by atoms with Gasteiger partial charge in [0.05, 0.1) is 6.10 Å². The van der Waals surface area contributed by atoms with Crippen LogP contribution < -0.4 is 15.5 Å². The zero-order chi connectivity index (χ0) is 29.1. The minimum Gasteiger partial charge on any atom is -0.389 e. The summed E-state index contributed by atoms with van der Waals surface area (Å²) in [4.78, 5) is 26.6. The third-order valence-corrected chi connectivity index (χ3v) is 8.23. The molecule has 10 nitrogen and oxygen atoms in total. The molecule has 224 valence electrons. The first-order valence-corrected chi connectivity index (χ1v) is 14.2. The van der Waals surface area contributed by atoms with Crippen molar-refractivity contribution in [1.82, 2.24) is 19.8 Å². The molecule has 2 bridgehead atoms. The van der Waals surface area contributed by atoms with Gasteiger partial charge in [0.25, 0.3) is 0 Å². The van der Waals surface area contributed by atoms with Crippen molar-refractivity contribution in [2.45, 2.75) is 57.0 Å². The van der Waals surface area contributed by atoms with Gasteiger partial charge in [-0.2, -0.15) is 18.2 Å². The molecule has 41 heavy (non-hydrogen) atoms. The Kier molecular flexibility index (Phi) is 8.85. The van der Waals surface area contributed by atoms with Gasteiger partial charge in [-0.05, 0) is 57.9 Å². The normalized spacial score (nSPS) is 22.5. The van der Waals surface area contributed by atoms with E-state index in [0.717, 1.165) is 31.4 Å². The van der Waals surface area contributed by atoms with E-state index in [2.05, 4.69) is 37.4 Å². The van der Waals surface area contributed by atoms with Gasteiger partial charge in [0.2, 0.25) is 11.9 Å². The van der Waals surface area contributed by atoms with Crippen LogP contribution >= 0.6 is 0 Å². The smallest absolute Gasteiger partial charge is 0.389 e. The van der Waals surface area contributed by atoms with Crippen molar-refractivity contribution in [3.8, 4) is 0 Å². The van der Waals surface area contributed by atoms with Crippen molar-refractivity contribution < 1.29 is 27.8 Å². The predicted molar refractivity (Wildman–Crippen MR) is 149 cm³/mol. The average molecular weight is 578 g/mol. The van der Waals surface area contributed by atoms with Crippen molar-refractivity contribution in [2.75, 3.05) is 68.5 Å². The number of halogens is 3. The maximum atomic E-state index is 13.7. The SMILES string of the molecule is CC(O)c1cc(N2C[C@H]3CC[C@@H](C2)N3C)ccc1Nc1ncc(C(F)(F)F)c(NCCCN2CCCOCC2=O)n1. The lowest BCUT2D eigenvalue weighted by Gasteiger charge is -2.40. The number of hydrogen-bond acceptors (Lipinski definition) is 9. The number of rotatable bonds is 9. The van der Waals surface area contributed by atoms with E-state index < -0.39 is 17.8 Å². The van der Waals surface area contributed by atoms with Gasteiger partial charge in [0.1, 0.15) is 18.0 Å². The van der Waals surface area contributed by atoms with Crippen LogP contribution in [0.15, 0.2) is 24.4 Å². The summed E-state index contributed by atoms with van der Waals surface area (Å²) in [5.41, 5.74) is 1.16. The molecule has 0 radical (unpaired) electrons. The molecule has 4 heterocycles. The van der Waals surface area contributed by atoms with Crippen molar-refractivity contribution in [2.24, 2.45) is 0 Å². The standard InChI is InChI=1S/C28H38F3N7O3/c1-18(39)22-13-19(38-15-20-5-6-21(16-38)36(20)2)7-8-24(22)34-27-33-14-23(28(29,30)31)26(35-27)32-9-3-10-37-11-4-12-41-17-25(37)40/h7-8,13-14,18,20-21,39H,3-6,9-12,15-17H2,1-2H3,(H2,32,33,34,35)/t18?,20-,21+. The number of nitrogens with one attached hydrogen (secondary N) is 2. The summed E-state index contributed by atoms with van der Waals surface area (Å²) in [5.74, 6) is -0.483. The number of anilines is 4. The Morgan fingerprint density at radius 3 is 2.68 bits per heavy atom. The highest BCUT2D eigenvalue weighted by atomic mass is 19.4. The van der Waals surface area contributed by atoms with Gasteiger partial charge in [0, 0.05) is 74.5 Å². The predicted octanol–water partition coefficient (Wildman–Crippen LogP) is 3.63. The number of aliphatic hydroxyl groups excluding tert-OH is 1. The van der Waals surface area contributed by atoms with E-state index in [1.54, 1.807) is 11.8 Å². The molecule has 3 aliphatic rings. The summed E-state index contributed by atoms with van der Waals surface area (Å²) < 4.78 is 46.4. The summed E-state index contributed by atoms with van der Waals surface area (Å²) in [5, 5.41) is 16.3. The number of nitrogens with zero attached hydrogens (tertiary/aromatic N) is 5. The highest BCUT2D eigenvalue weighted by Gasteiger charge is 2.38. The van der Waals surface area contributed by atoms with E-state index in [-0.39, 0.29) is 30.8 Å². The topological polar surface area (TPSA) is 106 Å². The van der Waals surface area contributed by atoms with Gasteiger partial charge in [-0.25, -0.2) is 4.98 Å². The molecule has 0 spiro atoms. The molecule has 0 aliphatic carbocycles. The van der Waals surface area contributed by atoms with E-state index >= 15 is 0 Å². The van der Waals surface area contributed by atoms with Crippen molar-refractivity contribution in [3.63, 3.8) is 0 Å². The van der Waals surface area contributed by atoms with Crippen molar-refractivity contribution in [1.29, 1.82) is 0 Å². The van der Waals surface area contributed by atoms with Gasteiger partial charge < -0.3 is 30.3 Å². The number of carbonyl (C=O) groups excluding carboxylic acids is 1. The number of hydrogen-bond donors (Lipinski definition) is 3. The zero-order valence-corrected chi connectivity index (χ0v) is 23.5. The molecule has 1 aromatic carbocycles. The number of likely N-dealkylation sites (N-methyl/N-ethyl adjacent to an activating group) is 1. The van der Waals surface area contributed by atoms with E-state index in [4.69, 9.17) is 4.74 Å². The number of aliphatic hydroxyl groups is 1. The molecule has 3 saturated heterocycles. The van der Waals surface area contributed by atoms with Crippen LogP contribution in [0.25, 0.3) is 0 Å². The van der Waals surface area contributed by atoms with Gasteiger partial charge in [-0.15, -0.1) is 0 Å². The number of amides is 1. The Morgan fingerprint density at radius 1 is 1.22 bits per heavy atom. The molecular weight excluding hydrogens is 539 g/mol. The fourth-order valence-electron chi connectivity index (χ4n) is 5.88. The molecule has 5 rings (SSSR count). The molecule has 13 heteroatoms. The van der Waals surface area contributed by atoms with Crippen LogP contribution in [-0.4, -0.2) is 95.9 Å². The second-order valence-corrected chi connectivity index (χ2v) is 11.0. The van der Waals surface area contributed by atoms with Gasteiger partial charge in [0.15, 0.2) is 0 Å². The molecule has 1 aromatic heterocycles. The summed E-state index contributed by atoms with van der Waals surface area (Å²) in [7, 11) is 2.17. The minimum absolute atomic E-state index is 0.0207. The van der Waals surface area contributed by atoms with Crippen LogP contribution in [0.1, 0.15) is 49.8 Å². The lowest BCUT2D eigenvalue weighted by Crippen LogP contribution is -2.52. The van der Waals surface area contributed by atoms with Crippen LogP contribution in [0.5, 0.6) is 0 Å². The van der Waals surface area contributed by atoms with Gasteiger partial charge in [-0.1, -0.05) is 0 Å². The van der Waals surface area contributed by atoms with Crippen LogP contribution in [0.2, 0.25) is 0 Å². The number of benzene rings is 1. The summed E-state index contributed by atoms with van der Waals surface area (Å²) >= 11 is 0. The molecule has 2 aromatic rings. The first-order chi connectivity index (χ1) is 19.6. The Balaban J connectivity index is 1.29. The molecule has 3 fully saturated rings. The highest BCUT2D eigenvalue weighted by molar-refractivity contribution is 5.77. The van der Waals surface area contributed by atoms with Crippen LogP contribution in [0, 0.1) is 0 Å². The molecule has 1 amide bonds. The molecule has 1 unspecified atom stereocenters. The summed E-state index contributed by atoms with van der Waals surface area (Å²) in [6, 6.07) is 6.71. The zero-order valence-electron chi connectivity index (χ0n) is 23.5. The average Bonchev–Trinajstić information content (AvgIpc) is 3.09. The molecule has 3 N–H and O–H groups in total. The molecule has 3 aliphatic heterocycles. The Bertz CT molecular complexity index is 1210. The van der Waals surface area contributed by atoms with Gasteiger partial charge in [-0.3, -0.25) is 9.69 Å². The Morgan fingerprint density at radius 2 is 1.98 bits per heavy atom. The number of piperazine rings is 1. The summed E-state index contributed by atoms with van der Waals surface area (Å²) in [6.07, 6.45) is -1.19. The second kappa shape index (κ2) is 12.4. The van der Waals surface area contributed by atoms with Gasteiger partial charge >= 0.3 is 6.18 Å². The number of ether oxygens (including phenoxy) is 1. The Hall–Kier alpha value is -3.16. The van der Waals surface area contributed by atoms with Crippen LogP contribution in [0.4, 0.5) is 36.3 Å². The molecular formula is C28H38F3N7O3. The fourth-order valence-corrected chi connectivity index (χ4v) is 5.88. The number of fused-ring (bicyclic) bond motifs is 2. The monoisotopic (exact) mass is 577 g/mol. The Labute approximate surface area is 237 Å². The van der Waals surface area contributed by atoms with E-state index in [1.165, 1.54) is 12.8 Å². The third kappa shape index (κ3) is 6.84. The van der Waals surface area contributed by atoms with Crippen molar-refractivity contribution >= 4 is 29.0 Å². The lowest BCUT2D eigenvalue weighted by atomic mass is 10.1. The first-order valence-electron chi connectivity index (χ1n) is 14.2.